The second-order valence-corrected chi connectivity index (χ2v) is 4.77. The highest BCUT2D eigenvalue weighted by molar-refractivity contribution is 6.06. The van der Waals surface area contributed by atoms with Crippen molar-refractivity contribution in [2.24, 2.45) is 5.41 Å². The molecule has 0 bridgehead atoms. The zero-order valence-corrected chi connectivity index (χ0v) is 10.1. The van der Waals surface area contributed by atoms with Crippen LogP contribution in [0, 0.1) is 22.6 Å². The van der Waals surface area contributed by atoms with Gasteiger partial charge < -0.3 is 0 Å². The fraction of sp³-hybridized carbons (Fsp3) is 0.286. The molecule has 3 heteroatoms. The molecule has 1 aromatic rings. The SMILES string of the molecule is CC(C)(C)C(=O)/C(C#N)=C/c1ccccc1F. The highest BCUT2D eigenvalue weighted by atomic mass is 19.1. The van der Waals surface area contributed by atoms with Crippen LogP contribution in [0.3, 0.4) is 0 Å². The summed E-state index contributed by atoms with van der Waals surface area (Å²) < 4.78 is 13.4. The third kappa shape index (κ3) is 3.25. The predicted octanol–water partition coefficient (Wildman–Crippen LogP) is 3.35. The van der Waals surface area contributed by atoms with Gasteiger partial charge in [0.1, 0.15) is 11.9 Å². The maximum absolute atomic E-state index is 13.4. The summed E-state index contributed by atoms with van der Waals surface area (Å²) in [6.07, 6.45) is 1.29. The first-order valence-corrected chi connectivity index (χ1v) is 5.27. The van der Waals surface area contributed by atoms with Gasteiger partial charge in [0.15, 0.2) is 5.78 Å². The van der Waals surface area contributed by atoms with Gasteiger partial charge in [0.25, 0.3) is 0 Å². The van der Waals surface area contributed by atoms with Crippen LogP contribution < -0.4 is 0 Å². The summed E-state index contributed by atoms with van der Waals surface area (Å²) in [5.41, 5.74) is -0.420. The summed E-state index contributed by atoms with van der Waals surface area (Å²) in [6, 6.07) is 7.87. The molecule has 0 amide bonds. The molecule has 2 nitrogen and oxygen atoms in total. The molecule has 0 aliphatic rings. The smallest absolute Gasteiger partial charge is 0.178 e. The highest BCUT2D eigenvalue weighted by Gasteiger charge is 2.25. The number of allylic oxidation sites excluding steroid dienone is 1. The molecule has 1 aromatic carbocycles. The maximum Gasteiger partial charge on any atom is 0.178 e. The fourth-order valence-electron chi connectivity index (χ4n) is 1.30. The largest absolute Gasteiger partial charge is 0.293 e. The molecule has 0 atom stereocenters. The van der Waals surface area contributed by atoms with Crippen LogP contribution in [-0.2, 0) is 4.79 Å². The maximum atomic E-state index is 13.4. The number of ketones is 1. The number of carbonyl (C=O) groups is 1. The van der Waals surface area contributed by atoms with E-state index in [1.807, 2.05) is 6.07 Å². The van der Waals surface area contributed by atoms with Gasteiger partial charge in [-0.05, 0) is 12.1 Å². The minimum absolute atomic E-state index is 0.0254. The summed E-state index contributed by atoms with van der Waals surface area (Å²) in [5.74, 6) is -0.731. The van der Waals surface area contributed by atoms with Gasteiger partial charge in [-0.2, -0.15) is 5.26 Å². The second kappa shape index (κ2) is 4.92. The molecule has 1 rings (SSSR count). The van der Waals surface area contributed by atoms with Gasteiger partial charge in [-0.3, -0.25) is 4.79 Å². The van der Waals surface area contributed by atoms with Gasteiger partial charge >= 0.3 is 0 Å². The molecule has 0 N–H and O–H groups in total. The first kappa shape index (κ1) is 13.1. The molecule has 0 aliphatic heterocycles. The Labute approximate surface area is 100 Å². The molecule has 0 radical (unpaired) electrons. The van der Waals surface area contributed by atoms with Crippen LogP contribution in [0.15, 0.2) is 29.8 Å². The van der Waals surface area contributed by atoms with Crippen molar-refractivity contribution < 1.29 is 9.18 Å². The van der Waals surface area contributed by atoms with Crippen molar-refractivity contribution in [1.82, 2.24) is 0 Å². The lowest BCUT2D eigenvalue weighted by Crippen LogP contribution is -2.21. The van der Waals surface area contributed by atoms with Crippen molar-refractivity contribution in [1.29, 1.82) is 5.26 Å². The van der Waals surface area contributed by atoms with Crippen molar-refractivity contribution in [3.63, 3.8) is 0 Å². The number of nitriles is 1. The van der Waals surface area contributed by atoms with E-state index in [1.54, 1.807) is 32.9 Å². The van der Waals surface area contributed by atoms with Crippen molar-refractivity contribution in [2.75, 3.05) is 0 Å². The Balaban J connectivity index is 3.18. The van der Waals surface area contributed by atoms with E-state index in [0.717, 1.165) is 0 Å². The Morgan fingerprint density at radius 2 is 1.94 bits per heavy atom. The third-order valence-corrected chi connectivity index (χ3v) is 2.25. The van der Waals surface area contributed by atoms with Crippen LogP contribution in [0.4, 0.5) is 4.39 Å². The van der Waals surface area contributed by atoms with E-state index in [9.17, 15) is 9.18 Å². The van der Waals surface area contributed by atoms with E-state index in [2.05, 4.69) is 0 Å². The molecule has 0 fully saturated rings. The molecular formula is C14H14FNO. The summed E-state index contributed by atoms with van der Waals surface area (Å²) in [4.78, 5) is 11.9. The second-order valence-electron chi connectivity index (χ2n) is 4.77. The molecular weight excluding hydrogens is 217 g/mol. The first-order valence-electron chi connectivity index (χ1n) is 5.27. The quantitative estimate of drug-likeness (QED) is 0.578. The molecule has 0 unspecified atom stereocenters. The molecule has 0 saturated carbocycles. The van der Waals surface area contributed by atoms with Gasteiger partial charge in [-0.1, -0.05) is 39.0 Å². The van der Waals surface area contributed by atoms with Crippen molar-refractivity contribution in [2.45, 2.75) is 20.8 Å². The minimum atomic E-state index is -0.646. The standard InChI is InChI=1S/C14H14FNO/c1-14(2,3)13(17)11(9-16)8-10-6-4-5-7-12(10)15/h4-8H,1-3H3/b11-8+. The van der Waals surface area contributed by atoms with Gasteiger partial charge in [0, 0.05) is 11.0 Å². The van der Waals surface area contributed by atoms with Crippen LogP contribution in [0.25, 0.3) is 6.08 Å². The summed E-state index contributed by atoms with van der Waals surface area (Å²) in [7, 11) is 0. The van der Waals surface area contributed by atoms with E-state index in [0.29, 0.717) is 0 Å². The molecule has 0 saturated heterocycles. The number of Topliss-reactive ketones (excluding diaryl/α,β-unsaturated/α-hetero) is 1. The average molecular weight is 231 g/mol. The van der Waals surface area contributed by atoms with E-state index < -0.39 is 11.2 Å². The Morgan fingerprint density at radius 3 is 2.41 bits per heavy atom. The van der Waals surface area contributed by atoms with Gasteiger partial charge in [0.05, 0.1) is 5.57 Å². The number of rotatable bonds is 2. The fourth-order valence-corrected chi connectivity index (χ4v) is 1.30. The number of halogens is 1. The molecule has 0 aliphatic carbocycles. The molecule has 0 spiro atoms. The van der Waals surface area contributed by atoms with Crippen LogP contribution in [0.5, 0.6) is 0 Å². The van der Waals surface area contributed by atoms with Crippen molar-refractivity contribution in [3.8, 4) is 6.07 Å². The van der Waals surface area contributed by atoms with Crippen LogP contribution in [-0.4, -0.2) is 5.78 Å². The molecule has 17 heavy (non-hydrogen) atoms. The third-order valence-electron chi connectivity index (χ3n) is 2.25. The lowest BCUT2D eigenvalue weighted by atomic mass is 9.86. The van der Waals surface area contributed by atoms with Crippen LogP contribution in [0.2, 0.25) is 0 Å². The Hall–Kier alpha value is -1.95. The number of carbonyl (C=O) groups excluding carboxylic acids is 1. The number of hydrogen-bond donors (Lipinski definition) is 0. The number of benzene rings is 1. The lowest BCUT2D eigenvalue weighted by Gasteiger charge is -2.15. The molecule has 88 valence electrons. The molecule has 0 aromatic heterocycles. The molecule has 0 heterocycles. The van der Waals surface area contributed by atoms with Crippen molar-refractivity contribution >= 4 is 11.9 Å². The Bertz CT molecular complexity index is 504. The summed E-state index contributed by atoms with van der Waals surface area (Å²) in [6.45, 7) is 5.17. The number of nitrogens with zero attached hydrogens (tertiary/aromatic N) is 1. The van der Waals surface area contributed by atoms with E-state index in [4.69, 9.17) is 5.26 Å². The van der Waals surface area contributed by atoms with Crippen molar-refractivity contribution in [3.05, 3.63) is 41.2 Å². The van der Waals surface area contributed by atoms with E-state index in [1.165, 1.54) is 18.2 Å². The van der Waals surface area contributed by atoms with Crippen LogP contribution in [0.1, 0.15) is 26.3 Å². The van der Waals surface area contributed by atoms with E-state index >= 15 is 0 Å². The Morgan fingerprint density at radius 1 is 1.35 bits per heavy atom. The lowest BCUT2D eigenvalue weighted by molar-refractivity contribution is -0.121. The van der Waals surface area contributed by atoms with E-state index in [-0.39, 0.29) is 16.9 Å². The minimum Gasteiger partial charge on any atom is -0.293 e. The summed E-state index contributed by atoms with van der Waals surface area (Å²) in [5, 5.41) is 8.95. The highest BCUT2D eigenvalue weighted by Crippen LogP contribution is 2.21. The first-order chi connectivity index (χ1) is 7.86. The Kier molecular flexibility index (Phi) is 3.80. The predicted molar refractivity (Wildman–Crippen MR) is 64.5 cm³/mol. The average Bonchev–Trinajstić information content (AvgIpc) is 2.26. The number of hydrogen-bond acceptors (Lipinski definition) is 2. The monoisotopic (exact) mass is 231 g/mol. The van der Waals surface area contributed by atoms with Gasteiger partial charge in [0.2, 0.25) is 0 Å². The zero-order valence-electron chi connectivity index (χ0n) is 10.1. The summed E-state index contributed by atoms with van der Waals surface area (Å²) >= 11 is 0. The van der Waals surface area contributed by atoms with Gasteiger partial charge in [-0.15, -0.1) is 0 Å². The zero-order chi connectivity index (χ0) is 13.1. The van der Waals surface area contributed by atoms with Gasteiger partial charge in [-0.25, -0.2) is 4.39 Å². The normalized spacial score (nSPS) is 12.1. The van der Waals surface area contributed by atoms with Crippen LogP contribution >= 0.6 is 0 Å². The topological polar surface area (TPSA) is 40.9 Å².